The maximum atomic E-state index is 4.34. The monoisotopic (exact) mass is 244 g/mol. The van der Waals surface area contributed by atoms with Crippen molar-refractivity contribution in [2.45, 2.75) is 13.3 Å². The molecule has 1 aromatic heterocycles. The molecule has 0 spiro atoms. The predicted molar refractivity (Wildman–Crippen MR) is 76.0 cm³/mol. The minimum Gasteiger partial charge on any atom is -0.368 e. The summed E-state index contributed by atoms with van der Waals surface area (Å²) in [6.45, 7) is 4.03. The van der Waals surface area contributed by atoms with Crippen LogP contribution in [0.4, 0.5) is 5.82 Å². The van der Waals surface area contributed by atoms with E-state index in [2.05, 4.69) is 59.4 Å². The van der Waals surface area contributed by atoms with Crippen LogP contribution in [0.25, 0.3) is 10.9 Å². The predicted octanol–water partition coefficient (Wildman–Crippen LogP) is 2.17. The first kappa shape index (κ1) is 12.8. The number of nitrogens with zero attached hydrogens (tertiary/aromatic N) is 3. The number of nitrogens with one attached hydrogen (secondary N) is 1. The smallest absolute Gasteiger partial charge is 0.137 e. The molecule has 0 aliphatic carbocycles. The van der Waals surface area contributed by atoms with Gasteiger partial charge < -0.3 is 10.2 Å². The first-order valence-corrected chi connectivity index (χ1v) is 6.33. The molecule has 1 N–H and O–H groups in total. The van der Waals surface area contributed by atoms with Crippen LogP contribution in [-0.4, -0.2) is 42.1 Å². The van der Waals surface area contributed by atoms with Crippen LogP contribution >= 0.6 is 0 Å². The quantitative estimate of drug-likeness (QED) is 0.875. The molecular weight excluding hydrogens is 224 g/mol. The van der Waals surface area contributed by atoms with Crippen molar-refractivity contribution in [2.24, 2.45) is 0 Å². The van der Waals surface area contributed by atoms with Gasteiger partial charge in [-0.3, -0.25) is 0 Å². The van der Waals surface area contributed by atoms with E-state index < -0.39 is 0 Å². The number of rotatable bonds is 5. The van der Waals surface area contributed by atoms with Gasteiger partial charge in [-0.05, 0) is 38.2 Å². The van der Waals surface area contributed by atoms with Crippen LogP contribution in [0, 0.1) is 0 Å². The largest absolute Gasteiger partial charge is 0.368 e. The van der Waals surface area contributed by atoms with Gasteiger partial charge in [0.15, 0.2) is 0 Å². The highest BCUT2D eigenvalue weighted by molar-refractivity contribution is 5.89. The molecule has 0 fully saturated rings. The molecule has 2 aromatic rings. The van der Waals surface area contributed by atoms with E-state index in [9.17, 15) is 0 Å². The van der Waals surface area contributed by atoms with Gasteiger partial charge in [-0.15, -0.1) is 0 Å². The molecule has 0 saturated carbocycles. The number of aryl methyl sites for hydroxylation is 1. The topological polar surface area (TPSA) is 41.1 Å². The molecular formula is C14H20N4. The van der Waals surface area contributed by atoms with Crippen molar-refractivity contribution < 1.29 is 0 Å². The van der Waals surface area contributed by atoms with Gasteiger partial charge in [-0.1, -0.05) is 13.0 Å². The molecule has 0 aliphatic heterocycles. The van der Waals surface area contributed by atoms with Crippen LogP contribution in [0.5, 0.6) is 0 Å². The van der Waals surface area contributed by atoms with Gasteiger partial charge in [-0.25, -0.2) is 9.97 Å². The Morgan fingerprint density at radius 3 is 2.78 bits per heavy atom. The van der Waals surface area contributed by atoms with E-state index in [0.717, 1.165) is 36.2 Å². The summed E-state index contributed by atoms with van der Waals surface area (Å²) in [6.07, 6.45) is 2.65. The number of hydrogen-bond donors (Lipinski definition) is 1. The minimum absolute atomic E-state index is 0.884. The molecule has 4 heteroatoms. The van der Waals surface area contributed by atoms with E-state index >= 15 is 0 Å². The lowest BCUT2D eigenvalue weighted by molar-refractivity contribution is 0.425. The maximum Gasteiger partial charge on any atom is 0.137 e. The van der Waals surface area contributed by atoms with Gasteiger partial charge in [0.1, 0.15) is 12.1 Å². The fourth-order valence-electron chi connectivity index (χ4n) is 1.86. The lowest BCUT2D eigenvalue weighted by Crippen LogP contribution is -2.21. The highest BCUT2D eigenvalue weighted by atomic mass is 15.1. The fourth-order valence-corrected chi connectivity index (χ4v) is 1.86. The number of aromatic nitrogens is 2. The van der Waals surface area contributed by atoms with Gasteiger partial charge in [-0.2, -0.15) is 0 Å². The molecule has 96 valence electrons. The van der Waals surface area contributed by atoms with Gasteiger partial charge >= 0.3 is 0 Å². The molecule has 1 aromatic carbocycles. The summed E-state index contributed by atoms with van der Waals surface area (Å²) in [6, 6.07) is 6.36. The molecule has 4 nitrogen and oxygen atoms in total. The van der Waals surface area contributed by atoms with E-state index in [-0.39, 0.29) is 0 Å². The first-order valence-electron chi connectivity index (χ1n) is 6.33. The van der Waals surface area contributed by atoms with Crippen molar-refractivity contribution in [1.82, 2.24) is 14.9 Å². The second-order valence-corrected chi connectivity index (χ2v) is 4.66. The summed E-state index contributed by atoms with van der Waals surface area (Å²) in [5.74, 6) is 0.928. The summed E-state index contributed by atoms with van der Waals surface area (Å²) in [5.41, 5.74) is 2.31. The summed E-state index contributed by atoms with van der Waals surface area (Å²) < 4.78 is 0. The van der Waals surface area contributed by atoms with Crippen molar-refractivity contribution >= 4 is 16.7 Å². The number of hydrogen-bond acceptors (Lipinski definition) is 4. The molecule has 0 radical (unpaired) electrons. The van der Waals surface area contributed by atoms with Gasteiger partial charge in [0, 0.05) is 18.5 Å². The van der Waals surface area contributed by atoms with Crippen LogP contribution in [0.1, 0.15) is 12.5 Å². The van der Waals surface area contributed by atoms with Crippen molar-refractivity contribution in [3.05, 3.63) is 30.1 Å². The SMILES string of the molecule is CCc1ccc2ncnc(NCCN(C)C)c2c1. The van der Waals surface area contributed by atoms with Crippen molar-refractivity contribution in [1.29, 1.82) is 0 Å². The van der Waals surface area contributed by atoms with Crippen LogP contribution in [0.2, 0.25) is 0 Å². The normalized spacial score (nSPS) is 11.1. The molecule has 0 amide bonds. The van der Waals surface area contributed by atoms with Crippen LogP contribution in [0.15, 0.2) is 24.5 Å². The van der Waals surface area contributed by atoms with E-state index in [0.29, 0.717) is 0 Å². The zero-order valence-electron chi connectivity index (χ0n) is 11.3. The highest BCUT2D eigenvalue weighted by Gasteiger charge is 2.04. The Balaban J connectivity index is 2.25. The maximum absolute atomic E-state index is 4.34. The average molecular weight is 244 g/mol. The lowest BCUT2D eigenvalue weighted by Gasteiger charge is -2.12. The minimum atomic E-state index is 0.884. The molecule has 0 bridgehead atoms. The van der Waals surface area contributed by atoms with Gasteiger partial charge in [0.25, 0.3) is 0 Å². The van der Waals surface area contributed by atoms with Gasteiger partial charge in [0.2, 0.25) is 0 Å². The molecule has 0 aliphatic rings. The summed E-state index contributed by atoms with van der Waals surface area (Å²) in [4.78, 5) is 10.8. The zero-order valence-corrected chi connectivity index (χ0v) is 11.3. The van der Waals surface area contributed by atoms with Gasteiger partial charge in [0.05, 0.1) is 5.52 Å². The number of anilines is 1. The Bertz CT molecular complexity index is 522. The fraction of sp³-hybridized carbons (Fsp3) is 0.429. The zero-order chi connectivity index (χ0) is 13.0. The van der Waals surface area contributed by atoms with Crippen LogP contribution in [0.3, 0.4) is 0 Å². The Kier molecular flexibility index (Phi) is 4.10. The molecule has 0 saturated heterocycles. The van der Waals surface area contributed by atoms with E-state index in [1.165, 1.54) is 5.56 Å². The molecule has 0 unspecified atom stereocenters. The number of likely N-dealkylation sites (N-methyl/N-ethyl adjacent to an activating group) is 1. The third-order valence-electron chi connectivity index (χ3n) is 2.96. The standard InChI is InChI=1S/C14H20N4/c1-4-11-5-6-13-12(9-11)14(17-10-16-13)15-7-8-18(2)3/h5-6,9-10H,4,7-8H2,1-3H3,(H,15,16,17). The van der Waals surface area contributed by atoms with Crippen LogP contribution < -0.4 is 5.32 Å². The Morgan fingerprint density at radius 2 is 2.06 bits per heavy atom. The van der Waals surface area contributed by atoms with E-state index in [1.807, 2.05) is 0 Å². The lowest BCUT2D eigenvalue weighted by atomic mass is 10.1. The third-order valence-corrected chi connectivity index (χ3v) is 2.96. The van der Waals surface area contributed by atoms with Crippen molar-refractivity contribution in [3.63, 3.8) is 0 Å². The Morgan fingerprint density at radius 1 is 1.22 bits per heavy atom. The van der Waals surface area contributed by atoms with Crippen LogP contribution in [-0.2, 0) is 6.42 Å². The second-order valence-electron chi connectivity index (χ2n) is 4.66. The molecule has 2 rings (SSSR count). The number of fused-ring (bicyclic) bond motifs is 1. The third kappa shape index (κ3) is 2.96. The molecule has 1 heterocycles. The summed E-state index contributed by atoms with van der Waals surface area (Å²) in [5, 5.41) is 4.48. The average Bonchev–Trinajstić information content (AvgIpc) is 2.38. The van der Waals surface area contributed by atoms with E-state index in [4.69, 9.17) is 0 Å². The van der Waals surface area contributed by atoms with E-state index in [1.54, 1.807) is 6.33 Å². The van der Waals surface area contributed by atoms with Crippen molar-refractivity contribution in [3.8, 4) is 0 Å². The summed E-state index contributed by atoms with van der Waals surface area (Å²) >= 11 is 0. The molecule has 0 atom stereocenters. The summed E-state index contributed by atoms with van der Waals surface area (Å²) in [7, 11) is 4.13. The highest BCUT2D eigenvalue weighted by Crippen LogP contribution is 2.20. The Hall–Kier alpha value is -1.68. The first-order chi connectivity index (χ1) is 8.70. The second kappa shape index (κ2) is 5.78. The number of benzene rings is 1. The Labute approximate surface area is 108 Å². The van der Waals surface area contributed by atoms with Crippen molar-refractivity contribution in [2.75, 3.05) is 32.5 Å². The molecule has 18 heavy (non-hydrogen) atoms.